The lowest BCUT2D eigenvalue weighted by Crippen LogP contribution is -2.40. The molecule has 1 amide bonds. The van der Waals surface area contributed by atoms with Crippen LogP contribution in [0.5, 0.6) is 17.2 Å². The number of amides is 1. The summed E-state index contributed by atoms with van der Waals surface area (Å²) in [6.07, 6.45) is 1.66. The van der Waals surface area contributed by atoms with Crippen molar-refractivity contribution in [3.05, 3.63) is 110 Å². The number of halogens is 2. The van der Waals surface area contributed by atoms with Gasteiger partial charge in [-0.05, 0) is 94.6 Å². The van der Waals surface area contributed by atoms with Gasteiger partial charge in [0.2, 0.25) is 0 Å². The second-order valence-corrected chi connectivity index (χ2v) is 12.3. The fraction of sp³-hybridized carbons (Fsp3) is 0.138. The second kappa shape index (κ2) is 11.7. The summed E-state index contributed by atoms with van der Waals surface area (Å²) in [4.78, 5) is 32.9. The number of anilines is 1. The van der Waals surface area contributed by atoms with Crippen LogP contribution in [-0.2, 0) is 4.79 Å². The minimum Gasteiger partial charge on any atom is -0.506 e. The number of carbonyl (C=O) groups is 1. The van der Waals surface area contributed by atoms with Crippen molar-refractivity contribution in [2.75, 3.05) is 19.5 Å². The Morgan fingerprint density at radius 3 is 2.55 bits per heavy atom. The second-order valence-electron chi connectivity index (χ2n) is 8.84. The number of nitrogens with zero attached hydrogens (tertiary/aromatic N) is 2. The predicted molar refractivity (Wildman–Crippen MR) is 172 cm³/mol. The molecule has 4 aromatic rings. The van der Waals surface area contributed by atoms with E-state index < -0.39 is 6.04 Å². The van der Waals surface area contributed by atoms with Crippen LogP contribution in [0.1, 0.15) is 24.1 Å². The highest BCUT2D eigenvalue weighted by Gasteiger charge is 2.34. The largest absolute Gasteiger partial charge is 0.506 e. The predicted octanol–water partition coefficient (Wildman–Crippen LogP) is 4.81. The highest BCUT2D eigenvalue weighted by molar-refractivity contribution is 14.1. The molecule has 0 radical (unpaired) electrons. The Balaban J connectivity index is 1.74. The number of methoxy groups -OCH3 is 2. The van der Waals surface area contributed by atoms with E-state index in [9.17, 15) is 14.7 Å². The summed E-state index contributed by atoms with van der Waals surface area (Å²) in [5, 5.41) is 13.6. The van der Waals surface area contributed by atoms with Gasteiger partial charge in [0.1, 0.15) is 23.3 Å². The number of rotatable bonds is 6. The number of hydrogen-bond acceptors (Lipinski definition) is 7. The molecular formula is C29H23I2N3O5S. The number of ether oxygens (including phenoxy) is 2. The third kappa shape index (κ3) is 5.41. The van der Waals surface area contributed by atoms with Crippen LogP contribution in [0.3, 0.4) is 0 Å². The minimum absolute atomic E-state index is 0.0966. The van der Waals surface area contributed by atoms with Gasteiger partial charge in [0.15, 0.2) is 4.80 Å². The molecule has 0 aliphatic carbocycles. The highest BCUT2D eigenvalue weighted by Crippen LogP contribution is 2.37. The summed E-state index contributed by atoms with van der Waals surface area (Å²) >= 11 is 5.43. The van der Waals surface area contributed by atoms with Gasteiger partial charge in [0.05, 0.1) is 33.6 Å². The first kappa shape index (κ1) is 28.4. The van der Waals surface area contributed by atoms with Gasteiger partial charge in [-0.2, -0.15) is 0 Å². The molecule has 1 aliphatic rings. The summed E-state index contributed by atoms with van der Waals surface area (Å²) in [6, 6.07) is 17.2. The lowest BCUT2D eigenvalue weighted by Gasteiger charge is -2.26. The molecule has 11 heteroatoms. The van der Waals surface area contributed by atoms with Crippen molar-refractivity contribution in [3.63, 3.8) is 0 Å². The van der Waals surface area contributed by atoms with E-state index in [4.69, 9.17) is 9.47 Å². The molecule has 2 N–H and O–H groups in total. The number of phenolic OH excluding ortho intramolecular Hbond substituents is 1. The number of nitrogens with one attached hydrogen (secondary N) is 1. The van der Waals surface area contributed by atoms with E-state index in [-0.39, 0.29) is 17.2 Å². The summed E-state index contributed by atoms with van der Waals surface area (Å²) < 4.78 is 14.6. The maximum Gasteiger partial charge on any atom is 0.271 e. The van der Waals surface area contributed by atoms with Crippen molar-refractivity contribution >= 4 is 74.2 Å². The van der Waals surface area contributed by atoms with Gasteiger partial charge in [-0.1, -0.05) is 29.5 Å². The Labute approximate surface area is 261 Å². The molecule has 0 spiro atoms. The first-order chi connectivity index (χ1) is 19.2. The Morgan fingerprint density at radius 1 is 1.10 bits per heavy atom. The number of thiazole rings is 1. The Morgan fingerprint density at radius 2 is 1.85 bits per heavy atom. The molecule has 0 unspecified atom stereocenters. The molecule has 1 atom stereocenters. The molecule has 3 aromatic carbocycles. The summed E-state index contributed by atoms with van der Waals surface area (Å²) in [6.45, 7) is 1.76. The van der Waals surface area contributed by atoms with Crippen molar-refractivity contribution in [2.45, 2.75) is 13.0 Å². The molecule has 0 fully saturated rings. The van der Waals surface area contributed by atoms with E-state index in [1.54, 1.807) is 50.4 Å². The average Bonchev–Trinajstić information content (AvgIpc) is 3.24. The van der Waals surface area contributed by atoms with Crippen molar-refractivity contribution < 1.29 is 19.4 Å². The Kier molecular flexibility index (Phi) is 8.33. The van der Waals surface area contributed by atoms with Gasteiger partial charge in [-0.15, -0.1) is 0 Å². The van der Waals surface area contributed by atoms with Crippen LogP contribution in [-0.4, -0.2) is 29.8 Å². The average molecular weight is 779 g/mol. The molecule has 8 nitrogen and oxygen atoms in total. The molecule has 1 aromatic heterocycles. The fourth-order valence-corrected chi connectivity index (χ4v) is 7.43. The van der Waals surface area contributed by atoms with Crippen LogP contribution in [0.4, 0.5) is 5.69 Å². The topological polar surface area (TPSA) is 102 Å². The van der Waals surface area contributed by atoms with Crippen LogP contribution < -0.4 is 29.7 Å². The van der Waals surface area contributed by atoms with E-state index in [2.05, 4.69) is 55.5 Å². The third-order valence-electron chi connectivity index (χ3n) is 6.38. The molecule has 204 valence electrons. The Bertz CT molecular complexity index is 1850. The SMILES string of the molecule is COc1ccc([C@@H]2C(C(=O)Nc3ccccc3)=C(C)N=c3s/c(=C\c4cc(I)cc(I)c4O)c(=O)n32)c(OC)c1. The summed E-state index contributed by atoms with van der Waals surface area (Å²) in [7, 11) is 3.09. The fourth-order valence-electron chi connectivity index (χ4n) is 4.51. The quantitative estimate of drug-likeness (QED) is 0.274. The summed E-state index contributed by atoms with van der Waals surface area (Å²) in [5.74, 6) is 0.755. The molecule has 2 heterocycles. The zero-order valence-electron chi connectivity index (χ0n) is 21.6. The number of fused-ring (bicyclic) bond motifs is 1. The number of carbonyl (C=O) groups excluding carboxylic acids is 1. The molecular weight excluding hydrogens is 756 g/mol. The first-order valence-corrected chi connectivity index (χ1v) is 15.0. The van der Waals surface area contributed by atoms with Gasteiger partial charge in [0, 0.05) is 26.5 Å². The van der Waals surface area contributed by atoms with Crippen molar-refractivity contribution in [3.8, 4) is 17.2 Å². The molecule has 0 bridgehead atoms. The standard InChI is InChI=1S/C29H23I2N3O5S/c1-15-24(27(36)33-18-7-5-4-6-8-18)25(20-10-9-19(38-2)14-22(20)39-3)34-28(37)23(40-29(34)32-15)12-16-11-17(30)13-21(31)26(16)35/h4-14,25,35H,1-3H3,(H,33,36)/b23-12-/t25-/m1/s1. The third-order valence-corrected chi connectivity index (χ3v) is 8.81. The van der Waals surface area contributed by atoms with E-state index in [0.717, 1.165) is 3.57 Å². The molecule has 0 saturated carbocycles. The summed E-state index contributed by atoms with van der Waals surface area (Å²) in [5.41, 5.74) is 2.22. The number of para-hydroxylation sites is 1. The number of hydrogen-bond donors (Lipinski definition) is 2. The molecule has 1 aliphatic heterocycles. The van der Waals surface area contributed by atoms with E-state index in [1.165, 1.54) is 23.0 Å². The number of phenols is 1. The number of benzene rings is 3. The first-order valence-electron chi connectivity index (χ1n) is 12.0. The zero-order chi connectivity index (χ0) is 28.6. The van der Waals surface area contributed by atoms with Crippen molar-refractivity contribution in [1.82, 2.24) is 4.57 Å². The molecule has 0 saturated heterocycles. The maximum absolute atomic E-state index is 14.0. The van der Waals surface area contributed by atoms with Crippen LogP contribution >= 0.6 is 56.5 Å². The number of aromatic nitrogens is 1. The van der Waals surface area contributed by atoms with Crippen molar-refractivity contribution in [2.24, 2.45) is 4.99 Å². The number of allylic oxidation sites excluding steroid dienone is 1. The Hall–Kier alpha value is -3.17. The van der Waals surface area contributed by atoms with E-state index in [0.29, 0.717) is 52.5 Å². The lowest BCUT2D eigenvalue weighted by molar-refractivity contribution is -0.113. The van der Waals surface area contributed by atoms with E-state index >= 15 is 0 Å². The minimum atomic E-state index is -0.826. The van der Waals surface area contributed by atoms with Gasteiger partial charge in [-0.25, -0.2) is 4.99 Å². The van der Waals surface area contributed by atoms with E-state index in [1.807, 2.05) is 30.3 Å². The smallest absolute Gasteiger partial charge is 0.271 e. The lowest BCUT2D eigenvalue weighted by atomic mass is 9.94. The van der Waals surface area contributed by atoms with Gasteiger partial charge < -0.3 is 19.9 Å². The van der Waals surface area contributed by atoms with Gasteiger partial charge in [-0.3, -0.25) is 14.2 Å². The van der Waals surface area contributed by atoms with Gasteiger partial charge >= 0.3 is 0 Å². The number of aromatic hydroxyl groups is 1. The highest BCUT2D eigenvalue weighted by atomic mass is 127. The normalized spacial score (nSPS) is 14.9. The maximum atomic E-state index is 14.0. The van der Waals surface area contributed by atoms with Gasteiger partial charge in [0.25, 0.3) is 11.5 Å². The van der Waals surface area contributed by atoms with Crippen LogP contribution in [0.15, 0.2) is 81.7 Å². The molecule has 5 rings (SSSR count). The molecule has 40 heavy (non-hydrogen) atoms. The van der Waals surface area contributed by atoms with Crippen LogP contribution in [0.2, 0.25) is 0 Å². The van der Waals surface area contributed by atoms with Crippen LogP contribution in [0.25, 0.3) is 6.08 Å². The van der Waals surface area contributed by atoms with Crippen molar-refractivity contribution in [1.29, 1.82) is 0 Å². The zero-order valence-corrected chi connectivity index (χ0v) is 26.7. The van der Waals surface area contributed by atoms with Crippen LogP contribution in [0, 0.1) is 7.14 Å². The monoisotopic (exact) mass is 779 g/mol.